The molecule has 4 nitrogen and oxygen atoms in total. The zero-order valence-electron chi connectivity index (χ0n) is 16.6. The molecule has 0 unspecified atom stereocenters. The average molecular weight is 456 g/mol. The number of rotatable bonds is 7. The van der Waals surface area contributed by atoms with Crippen LogP contribution in [0, 0.1) is 5.82 Å². The number of nitrogens with zero attached hydrogens (tertiary/aromatic N) is 2. The van der Waals surface area contributed by atoms with Crippen molar-refractivity contribution in [2.24, 2.45) is 0 Å². The van der Waals surface area contributed by atoms with E-state index in [1.807, 2.05) is 28.8 Å². The Balaban J connectivity index is 1.49. The highest BCUT2D eigenvalue weighted by Crippen LogP contribution is 2.24. The molecular formula is C24H20Cl2FN3O. The number of amides is 1. The molecule has 1 amide bonds. The van der Waals surface area contributed by atoms with Gasteiger partial charge in [-0.25, -0.2) is 9.37 Å². The van der Waals surface area contributed by atoms with E-state index >= 15 is 0 Å². The zero-order valence-corrected chi connectivity index (χ0v) is 18.1. The molecule has 4 rings (SSSR count). The van der Waals surface area contributed by atoms with Gasteiger partial charge in [0.1, 0.15) is 11.6 Å². The fourth-order valence-electron chi connectivity index (χ4n) is 3.51. The van der Waals surface area contributed by atoms with Crippen molar-refractivity contribution in [3.05, 3.63) is 99.5 Å². The molecule has 31 heavy (non-hydrogen) atoms. The van der Waals surface area contributed by atoms with E-state index in [2.05, 4.69) is 5.32 Å². The molecule has 0 atom stereocenters. The van der Waals surface area contributed by atoms with Crippen LogP contribution in [0.2, 0.25) is 10.0 Å². The Morgan fingerprint density at radius 1 is 1.03 bits per heavy atom. The molecule has 1 aromatic heterocycles. The number of carbonyl (C=O) groups is 1. The number of fused-ring (bicyclic) bond motifs is 1. The van der Waals surface area contributed by atoms with Gasteiger partial charge in [-0.15, -0.1) is 0 Å². The van der Waals surface area contributed by atoms with Crippen LogP contribution >= 0.6 is 23.2 Å². The van der Waals surface area contributed by atoms with Crippen LogP contribution in [0.3, 0.4) is 0 Å². The van der Waals surface area contributed by atoms with Gasteiger partial charge in [-0.3, -0.25) is 4.79 Å². The summed E-state index contributed by atoms with van der Waals surface area (Å²) in [7, 11) is 0. The molecule has 0 aliphatic rings. The van der Waals surface area contributed by atoms with Crippen molar-refractivity contribution in [2.45, 2.75) is 19.4 Å². The number of hydrogen-bond acceptors (Lipinski definition) is 2. The van der Waals surface area contributed by atoms with Crippen LogP contribution in [0.4, 0.5) is 4.39 Å². The van der Waals surface area contributed by atoms with Crippen LogP contribution in [0.15, 0.2) is 66.7 Å². The second-order valence-corrected chi connectivity index (χ2v) is 8.02. The van der Waals surface area contributed by atoms with Crippen molar-refractivity contribution in [1.29, 1.82) is 0 Å². The molecule has 0 aliphatic carbocycles. The van der Waals surface area contributed by atoms with E-state index in [-0.39, 0.29) is 18.3 Å². The Morgan fingerprint density at radius 3 is 2.65 bits per heavy atom. The Bertz CT molecular complexity index is 1220. The Kier molecular flexibility index (Phi) is 6.54. The quantitative estimate of drug-likeness (QED) is 0.353. The smallest absolute Gasteiger partial charge is 0.251 e. The number of halogens is 3. The molecular weight excluding hydrogens is 436 g/mol. The summed E-state index contributed by atoms with van der Waals surface area (Å²) in [6, 6.07) is 19.3. The SMILES string of the molecule is O=C(NCCCc1nc2ccccc2n1Cc1c(F)cccc1Cl)c1cccc(Cl)c1. The lowest BCUT2D eigenvalue weighted by Gasteiger charge is -2.12. The molecule has 0 bridgehead atoms. The Morgan fingerprint density at radius 2 is 1.84 bits per heavy atom. The van der Waals surface area contributed by atoms with Crippen LogP contribution in [0.5, 0.6) is 0 Å². The van der Waals surface area contributed by atoms with E-state index in [0.29, 0.717) is 40.6 Å². The third kappa shape index (κ3) is 4.89. The van der Waals surface area contributed by atoms with Gasteiger partial charge >= 0.3 is 0 Å². The maximum atomic E-state index is 14.4. The summed E-state index contributed by atoms with van der Waals surface area (Å²) in [6.45, 7) is 0.769. The first kappa shape index (κ1) is 21.3. The molecule has 7 heteroatoms. The number of nitrogens with one attached hydrogen (secondary N) is 1. The summed E-state index contributed by atoms with van der Waals surface area (Å²) < 4.78 is 16.4. The van der Waals surface area contributed by atoms with Crippen LogP contribution in [0.25, 0.3) is 11.0 Å². The molecule has 0 radical (unpaired) electrons. The first-order valence-corrected chi connectivity index (χ1v) is 10.7. The molecule has 158 valence electrons. The van der Waals surface area contributed by atoms with Crippen molar-refractivity contribution in [3.63, 3.8) is 0 Å². The summed E-state index contributed by atoms with van der Waals surface area (Å²) in [5, 5.41) is 3.81. The molecule has 0 saturated carbocycles. The minimum atomic E-state index is -0.343. The van der Waals surface area contributed by atoms with Gasteiger partial charge in [-0.05, 0) is 48.9 Å². The van der Waals surface area contributed by atoms with Crippen LogP contribution in [-0.4, -0.2) is 22.0 Å². The maximum Gasteiger partial charge on any atom is 0.251 e. The third-order valence-corrected chi connectivity index (χ3v) is 5.65. The van der Waals surface area contributed by atoms with E-state index in [1.165, 1.54) is 6.07 Å². The summed E-state index contributed by atoms with van der Waals surface area (Å²) in [4.78, 5) is 17.0. The molecule has 0 aliphatic heterocycles. The zero-order chi connectivity index (χ0) is 21.8. The molecule has 4 aromatic rings. The maximum absolute atomic E-state index is 14.4. The normalized spacial score (nSPS) is 11.1. The summed E-state index contributed by atoms with van der Waals surface area (Å²) >= 11 is 12.2. The minimum Gasteiger partial charge on any atom is -0.352 e. The van der Waals surface area contributed by atoms with Gasteiger partial charge in [0.25, 0.3) is 5.91 Å². The van der Waals surface area contributed by atoms with Gasteiger partial charge in [-0.1, -0.05) is 47.5 Å². The first-order valence-electron chi connectivity index (χ1n) is 9.94. The molecule has 0 spiro atoms. The highest BCUT2D eigenvalue weighted by molar-refractivity contribution is 6.31. The van der Waals surface area contributed by atoms with Gasteiger partial charge in [0.05, 0.1) is 17.6 Å². The predicted octanol–water partition coefficient (Wildman–Crippen LogP) is 5.89. The van der Waals surface area contributed by atoms with Crippen LogP contribution < -0.4 is 5.32 Å². The monoisotopic (exact) mass is 455 g/mol. The van der Waals surface area contributed by atoms with E-state index in [0.717, 1.165) is 16.9 Å². The minimum absolute atomic E-state index is 0.172. The number of aromatic nitrogens is 2. The standard InChI is InChI=1S/C24H20Cl2FN3O/c25-17-7-3-6-16(14-17)24(31)28-13-5-12-23-29-21-10-1-2-11-22(21)30(23)15-18-19(26)8-4-9-20(18)27/h1-4,6-11,14H,5,12-13,15H2,(H,28,31). The molecule has 0 fully saturated rings. The van der Waals surface area contributed by atoms with Crippen LogP contribution in [0.1, 0.15) is 28.2 Å². The van der Waals surface area contributed by atoms with Gasteiger partial charge in [0.15, 0.2) is 0 Å². The fraction of sp³-hybridized carbons (Fsp3) is 0.167. The van der Waals surface area contributed by atoms with Crippen molar-refractivity contribution in [2.75, 3.05) is 6.54 Å². The number of para-hydroxylation sites is 2. The largest absolute Gasteiger partial charge is 0.352 e. The molecule has 1 N–H and O–H groups in total. The number of benzene rings is 3. The van der Waals surface area contributed by atoms with Gasteiger partial charge in [0, 0.05) is 34.1 Å². The lowest BCUT2D eigenvalue weighted by molar-refractivity contribution is 0.0953. The molecule has 0 saturated heterocycles. The summed E-state index contributed by atoms with van der Waals surface area (Å²) in [5.74, 6) is 0.302. The molecule has 3 aromatic carbocycles. The fourth-order valence-corrected chi connectivity index (χ4v) is 3.93. The second-order valence-electron chi connectivity index (χ2n) is 7.17. The van der Waals surface area contributed by atoms with Crippen molar-refractivity contribution in [3.8, 4) is 0 Å². The van der Waals surface area contributed by atoms with E-state index in [1.54, 1.807) is 36.4 Å². The van der Waals surface area contributed by atoms with Crippen molar-refractivity contribution >= 4 is 40.1 Å². The van der Waals surface area contributed by atoms with E-state index in [9.17, 15) is 9.18 Å². The number of imidazole rings is 1. The van der Waals surface area contributed by atoms with Crippen LogP contribution in [-0.2, 0) is 13.0 Å². The number of hydrogen-bond donors (Lipinski definition) is 1. The first-order chi connectivity index (χ1) is 15.0. The highest BCUT2D eigenvalue weighted by atomic mass is 35.5. The lowest BCUT2D eigenvalue weighted by Crippen LogP contribution is -2.25. The third-order valence-electron chi connectivity index (χ3n) is 5.06. The van der Waals surface area contributed by atoms with Gasteiger partial charge in [0.2, 0.25) is 0 Å². The van der Waals surface area contributed by atoms with E-state index in [4.69, 9.17) is 28.2 Å². The summed E-state index contributed by atoms with van der Waals surface area (Å²) in [6.07, 6.45) is 1.30. The second kappa shape index (κ2) is 9.50. The van der Waals surface area contributed by atoms with Gasteiger partial charge in [-0.2, -0.15) is 0 Å². The lowest BCUT2D eigenvalue weighted by atomic mass is 10.2. The van der Waals surface area contributed by atoms with Crippen molar-refractivity contribution < 1.29 is 9.18 Å². The highest BCUT2D eigenvalue weighted by Gasteiger charge is 2.15. The number of aryl methyl sites for hydroxylation is 1. The topological polar surface area (TPSA) is 46.9 Å². The van der Waals surface area contributed by atoms with E-state index < -0.39 is 0 Å². The van der Waals surface area contributed by atoms with Crippen molar-refractivity contribution in [1.82, 2.24) is 14.9 Å². The van der Waals surface area contributed by atoms with Gasteiger partial charge < -0.3 is 9.88 Å². The average Bonchev–Trinajstić information content (AvgIpc) is 3.11. The Hall–Kier alpha value is -2.89. The summed E-state index contributed by atoms with van der Waals surface area (Å²) in [5.41, 5.74) is 2.71. The Labute approximate surface area is 189 Å². The molecule has 1 heterocycles. The predicted molar refractivity (Wildman–Crippen MR) is 122 cm³/mol. The number of carbonyl (C=O) groups excluding carboxylic acids is 1.